The Bertz CT molecular complexity index is 1030. The van der Waals surface area contributed by atoms with Gasteiger partial charge < -0.3 is 15.4 Å². The third-order valence-electron chi connectivity index (χ3n) is 4.59. The van der Waals surface area contributed by atoms with E-state index in [1.165, 1.54) is 16.7 Å². The molecule has 0 fully saturated rings. The molecule has 0 saturated carbocycles. The number of carboxylic acid groups (broad SMARTS) is 1. The SMILES string of the molecule is Cc1cc(C(C(=O)O)c2ccc(N)cc2F)n(C)c1C(=O)c1ccccc1. The molecule has 1 atom stereocenters. The fourth-order valence-electron chi connectivity index (χ4n) is 3.31. The summed E-state index contributed by atoms with van der Waals surface area (Å²) in [6.45, 7) is 1.73. The predicted molar refractivity (Wildman–Crippen MR) is 100 cm³/mol. The molecule has 0 aliphatic heterocycles. The smallest absolute Gasteiger partial charge is 0.317 e. The van der Waals surface area contributed by atoms with Crippen molar-refractivity contribution in [2.45, 2.75) is 12.8 Å². The van der Waals surface area contributed by atoms with Crippen LogP contribution in [0.1, 0.15) is 38.8 Å². The van der Waals surface area contributed by atoms with Crippen LogP contribution in [0.4, 0.5) is 10.1 Å². The van der Waals surface area contributed by atoms with Crippen LogP contribution < -0.4 is 5.73 Å². The zero-order chi connectivity index (χ0) is 19.7. The first-order valence-corrected chi connectivity index (χ1v) is 8.35. The molecule has 0 bridgehead atoms. The molecule has 3 rings (SSSR count). The summed E-state index contributed by atoms with van der Waals surface area (Å²) >= 11 is 0. The number of carbonyl (C=O) groups is 2. The van der Waals surface area contributed by atoms with Gasteiger partial charge in [-0.2, -0.15) is 0 Å². The monoisotopic (exact) mass is 366 g/mol. The quantitative estimate of drug-likeness (QED) is 0.535. The van der Waals surface area contributed by atoms with Crippen LogP contribution >= 0.6 is 0 Å². The second-order valence-electron chi connectivity index (χ2n) is 6.41. The second-order valence-corrected chi connectivity index (χ2v) is 6.41. The van der Waals surface area contributed by atoms with E-state index < -0.39 is 17.7 Å². The van der Waals surface area contributed by atoms with Gasteiger partial charge in [0.1, 0.15) is 11.7 Å². The third-order valence-corrected chi connectivity index (χ3v) is 4.59. The largest absolute Gasteiger partial charge is 0.480 e. The molecule has 0 aliphatic carbocycles. The van der Waals surface area contributed by atoms with E-state index >= 15 is 0 Å². The van der Waals surface area contributed by atoms with Crippen LogP contribution in [0.15, 0.2) is 54.6 Å². The lowest BCUT2D eigenvalue weighted by Crippen LogP contribution is -2.19. The Morgan fingerprint density at radius 2 is 1.78 bits per heavy atom. The maximum atomic E-state index is 14.4. The average molecular weight is 366 g/mol. The number of carboxylic acids is 1. The van der Waals surface area contributed by atoms with Gasteiger partial charge in [-0.25, -0.2) is 4.39 Å². The minimum Gasteiger partial charge on any atom is -0.480 e. The Kier molecular flexibility index (Phi) is 4.81. The number of aromatic nitrogens is 1. The van der Waals surface area contributed by atoms with Crippen molar-refractivity contribution in [1.29, 1.82) is 0 Å². The van der Waals surface area contributed by atoms with Crippen molar-refractivity contribution in [3.63, 3.8) is 0 Å². The molecular weight excluding hydrogens is 347 g/mol. The van der Waals surface area contributed by atoms with Gasteiger partial charge >= 0.3 is 5.97 Å². The van der Waals surface area contributed by atoms with Crippen LogP contribution in [-0.4, -0.2) is 21.4 Å². The standard InChI is InChI=1S/C21H19FN2O3/c1-12-10-17(18(21(26)27)15-9-8-14(23)11-16(15)22)24(2)19(12)20(25)13-6-4-3-5-7-13/h3-11,18H,23H2,1-2H3,(H,26,27). The summed E-state index contributed by atoms with van der Waals surface area (Å²) in [6, 6.07) is 14.3. The molecular formula is C21H19FN2O3. The molecule has 1 aromatic heterocycles. The molecule has 5 nitrogen and oxygen atoms in total. The van der Waals surface area contributed by atoms with Crippen LogP contribution in [-0.2, 0) is 11.8 Å². The molecule has 0 spiro atoms. The van der Waals surface area contributed by atoms with Crippen LogP contribution in [0.2, 0.25) is 0 Å². The summed E-state index contributed by atoms with van der Waals surface area (Å²) in [5.41, 5.74) is 7.60. The van der Waals surface area contributed by atoms with Crippen molar-refractivity contribution in [3.05, 3.63) is 88.5 Å². The van der Waals surface area contributed by atoms with Gasteiger partial charge in [-0.3, -0.25) is 9.59 Å². The van der Waals surface area contributed by atoms with Crippen molar-refractivity contribution in [2.24, 2.45) is 7.05 Å². The molecule has 1 heterocycles. The molecule has 0 saturated heterocycles. The average Bonchev–Trinajstić information content (AvgIpc) is 2.91. The molecule has 0 aliphatic rings. The summed E-state index contributed by atoms with van der Waals surface area (Å²) in [7, 11) is 1.61. The number of benzene rings is 2. The summed E-state index contributed by atoms with van der Waals surface area (Å²) < 4.78 is 15.9. The fraction of sp³-hybridized carbons (Fsp3) is 0.143. The molecule has 2 aromatic carbocycles. The number of rotatable bonds is 5. The number of anilines is 1. The second kappa shape index (κ2) is 7.07. The topological polar surface area (TPSA) is 85.3 Å². The van der Waals surface area contributed by atoms with E-state index in [4.69, 9.17) is 5.73 Å². The van der Waals surface area contributed by atoms with E-state index in [2.05, 4.69) is 0 Å². The number of aliphatic carboxylic acids is 1. The highest BCUT2D eigenvalue weighted by Crippen LogP contribution is 2.31. The molecule has 3 N–H and O–H groups in total. The molecule has 27 heavy (non-hydrogen) atoms. The molecule has 0 radical (unpaired) electrons. The highest BCUT2D eigenvalue weighted by atomic mass is 19.1. The van der Waals surface area contributed by atoms with Crippen LogP contribution in [0, 0.1) is 12.7 Å². The van der Waals surface area contributed by atoms with Crippen LogP contribution in [0.5, 0.6) is 0 Å². The molecule has 138 valence electrons. The van der Waals surface area contributed by atoms with Crippen LogP contribution in [0.25, 0.3) is 0 Å². The first-order valence-electron chi connectivity index (χ1n) is 8.35. The first-order chi connectivity index (χ1) is 12.8. The Morgan fingerprint density at radius 3 is 2.37 bits per heavy atom. The number of hydrogen-bond donors (Lipinski definition) is 2. The van der Waals surface area contributed by atoms with E-state index in [1.807, 2.05) is 6.07 Å². The van der Waals surface area contributed by atoms with Gasteiger partial charge in [-0.15, -0.1) is 0 Å². The zero-order valence-electron chi connectivity index (χ0n) is 14.9. The van der Waals surface area contributed by atoms with Gasteiger partial charge in [0.2, 0.25) is 5.78 Å². The predicted octanol–water partition coefficient (Wildman–Crippen LogP) is 3.50. The first kappa shape index (κ1) is 18.4. The lowest BCUT2D eigenvalue weighted by Gasteiger charge is -2.16. The van der Waals surface area contributed by atoms with Gasteiger partial charge in [0.25, 0.3) is 0 Å². The van der Waals surface area contributed by atoms with E-state index in [0.29, 0.717) is 22.5 Å². The maximum absolute atomic E-state index is 14.4. The lowest BCUT2D eigenvalue weighted by atomic mass is 9.94. The van der Waals surface area contributed by atoms with E-state index in [9.17, 15) is 19.1 Å². The molecule has 3 aromatic rings. The lowest BCUT2D eigenvalue weighted by molar-refractivity contribution is -0.137. The molecule has 0 amide bonds. The van der Waals surface area contributed by atoms with Gasteiger partial charge in [0, 0.05) is 29.6 Å². The maximum Gasteiger partial charge on any atom is 0.317 e. The van der Waals surface area contributed by atoms with Gasteiger partial charge in [0.05, 0.1) is 5.69 Å². The zero-order valence-corrected chi connectivity index (χ0v) is 14.9. The minimum atomic E-state index is -1.26. The van der Waals surface area contributed by atoms with Gasteiger partial charge in [0.15, 0.2) is 0 Å². The molecule has 6 heteroatoms. The number of nitrogens with zero attached hydrogens (tertiary/aromatic N) is 1. The Labute approximate surface area is 155 Å². The van der Waals surface area contributed by atoms with Crippen LogP contribution in [0.3, 0.4) is 0 Å². The summed E-state index contributed by atoms with van der Waals surface area (Å²) in [5.74, 6) is -3.38. The van der Waals surface area contributed by atoms with Crippen molar-refractivity contribution in [2.75, 3.05) is 5.73 Å². The minimum absolute atomic E-state index is 0.00369. The number of nitrogens with two attached hydrogens (primary N) is 1. The Hall–Kier alpha value is -3.41. The highest BCUT2D eigenvalue weighted by Gasteiger charge is 2.30. The van der Waals surface area contributed by atoms with E-state index in [0.717, 1.165) is 6.07 Å². The number of aryl methyl sites for hydroxylation is 1. The Morgan fingerprint density at radius 1 is 1.11 bits per heavy atom. The van der Waals surface area contributed by atoms with E-state index in [1.54, 1.807) is 44.3 Å². The highest BCUT2D eigenvalue weighted by molar-refractivity contribution is 6.09. The number of nitrogen functional groups attached to an aromatic ring is 1. The van der Waals surface area contributed by atoms with Gasteiger partial charge in [-0.05, 0) is 30.7 Å². The molecule has 1 unspecified atom stereocenters. The van der Waals surface area contributed by atoms with Crippen molar-refractivity contribution in [1.82, 2.24) is 4.57 Å². The van der Waals surface area contributed by atoms with Gasteiger partial charge in [-0.1, -0.05) is 36.4 Å². The normalized spacial score (nSPS) is 12.0. The summed E-state index contributed by atoms with van der Waals surface area (Å²) in [4.78, 5) is 24.8. The number of carbonyl (C=O) groups excluding carboxylic acids is 1. The van der Waals surface area contributed by atoms with Crippen molar-refractivity contribution < 1.29 is 19.1 Å². The fourth-order valence-corrected chi connectivity index (χ4v) is 3.31. The Balaban J connectivity index is 2.13. The third kappa shape index (κ3) is 3.33. The van der Waals surface area contributed by atoms with Crippen molar-refractivity contribution in [3.8, 4) is 0 Å². The summed E-state index contributed by atoms with van der Waals surface area (Å²) in [5, 5.41) is 9.76. The van der Waals surface area contributed by atoms with Crippen molar-refractivity contribution >= 4 is 17.4 Å². The van der Waals surface area contributed by atoms with E-state index in [-0.39, 0.29) is 17.0 Å². The number of halogens is 1. The number of ketones is 1. The summed E-state index contributed by atoms with van der Waals surface area (Å²) in [6.07, 6.45) is 0. The number of hydrogen-bond acceptors (Lipinski definition) is 3.